The maximum absolute atomic E-state index is 12.7. The molecule has 0 N–H and O–H groups in total. The molecule has 3 rings (SSSR count). The third-order valence-corrected chi connectivity index (χ3v) is 4.44. The second kappa shape index (κ2) is 9.00. The number of ether oxygens (including phenoxy) is 2. The van der Waals surface area contributed by atoms with E-state index in [0.717, 1.165) is 11.1 Å². The van der Waals surface area contributed by atoms with E-state index in [9.17, 15) is 9.59 Å². The molecule has 0 fully saturated rings. The van der Waals surface area contributed by atoms with Crippen LogP contribution in [0.15, 0.2) is 72.8 Å². The molecular formula is C24H22O4. The Bertz CT molecular complexity index is 881. The first-order valence-corrected chi connectivity index (χ1v) is 9.32. The highest BCUT2D eigenvalue weighted by Gasteiger charge is 2.20. The van der Waals surface area contributed by atoms with Gasteiger partial charge in [-0.25, -0.2) is 9.59 Å². The number of hydrogen-bond acceptors (Lipinski definition) is 4. The first kappa shape index (κ1) is 19.4. The van der Waals surface area contributed by atoms with Gasteiger partial charge >= 0.3 is 11.9 Å². The molecule has 0 aromatic heterocycles. The van der Waals surface area contributed by atoms with Gasteiger partial charge in [-0.15, -0.1) is 0 Å². The minimum Gasteiger partial charge on any atom is -0.423 e. The van der Waals surface area contributed by atoms with Crippen molar-refractivity contribution in [2.45, 2.75) is 26.7 Å². The summed E-state index contributed by atoms with van der Waals surface area (Å²) in [6.45, 7) is 3.87. The lowest BCUT2D eigenvalue weighted by atomic mass is 9.95. The van der Waals surface area contributed by atoms with E-state index < -0.39 is 11.9 Å². The van der Waals surface area contributed by atoms with Crippen LogP contribution in [-0.2, 0) is 12.8 Å². The average molecular weight is 374 g/mol. The molecule has 0 aliphatic heterocycles. The minimum absolute atomic E-state index is 0.430. The van der Waals surface area contributed by atoms with Gasteiger partial charge in [-0.3, -0.25) is 0 Å². The molecule has 28 heavy (non-hydrogen) atoms. The molecule has 0 saturated heterocycles. The van der Waals surface area contributed by atoms with Gasteiger partial charge in [0.1, 0.15) is 11.5 Å². The molecule has 4 nitrogen and oxygen atoms in total. The summed E-state index contributed by atoms with van der Waals surface area (Å²) in [7, 11) is 0. The van der Waals surface area contributed by atoms with Crippen LogP contribution in [-0.4, -0.2) is 11.9 Å². The van der Waals surface area contributed by atoms with Gasteiger partial charge in [0.05, 0.1) is 11.1 Å². The Morgan fingerprint density at radius 1 is 0.643 bits per heavy atom. The molecule has 0 bridgehead atoms. The van der Waals surface area contributed by atoms with Crippen molar-refractivity contribution in [1.29, 1.82) is 0 Å². The number of rotatable bonds is 6. The van der Waals surface area contributed by atoms with E-state index in [-0.39, 0.29) is 0 Å². The van der Waals surface area contributed by atoms with Crippen LogP contribution in [0.2, 0.25) is 0 Å². The number of aryl methyl sites for hydroxylation is 2. The van der Waals surface area contributed by atoms with Crippen molar-refractivity contribution in [3.63, 3.8) is 0 Å². The summed E-state index contributed by atoms with van der Waals surface area (Å²) in [6.07, 6.45) is 1.18. The molecule has 0 saturated carbocycles. The predicted octanol–water partition coefficient (Wildman–Crippen LogP) is 5.25. The quantitative estimate of drug-likeness (QED) is 0.437. The Balaban J connectivity index is 1.91. The molecule has 0 spiro atoms. The Morgan fingerprint density at radius 2 is 1.00 bits per heavy atom. The smallest absolute Gasteiger partial charge is 0.343 e. The summed E-state index contributed by atoms with van der Waals surface area (Å²) in [6, 6.07) is 21.4. The Labute approximate surface area is 164 Å². The van der Waals surface area contributed by atoms with Gasteiger partial charge in [-0.05, 0) is 60.4 Å². The topological polar surface area (TPSA) is 52.6 Å². The first-order valence-electron chi connectivity index (χ1n) is 9.32. The highest BCUT2D eigenvalue weighted by atomic mass is 16.5. The maximum atomic E-state index is 12.7. The summed E-state index contributed by atoms with van der Waals surface area (Å²) < 4.78 is 11.0. The lowest BCUT2D eigenvalue weighted by Crippen LogP contribution is -2.16. The third kappa shape index (κ3) is 4.46. The van der Waals surface area contributed by atoms with E-state index in [0.29, 0.717) is 35.5 Å². The van der Waals surface area contributed by atoms with Crippen LogP contribution < -0.4 is 9.47 Å². The molecule has 3 aromatic rings. The molecule has 0 unspecified atom stereocenters. The molecule has 0 amide bonds. The fraction of sp³-hybridized carbons (Fsp3) is 0.167. The highest BCUT2D eigenvalue weighted by Crippen LogP contribution is 2.23. The SMILES string of the molecule is CCc1cc(C(=O)Oc2ccccc2)c(CC)cc1C(=O)Oc1ccccc1. The number of carbonyl (C=O) groups excluding carboxylic acids is 2. The van der Waals surface area contributed by atoms with Crippen LogP contribution in [0.4, 0.5) is 0 Å². The van der Waals surface area contributed by atoms with Gasteiger partial charge in [0.2, 0.25) is 0 Å². The molecule has 0 radical (unpaired) electrons. The monoisotopic (exact) mass is 374 g/mol. The average Bonchev–Trinajstić information content (AvgIpc) is 2.74. The zero-order valence-electron chi connectivity index (χ0n) is 16.0. The number of carbonyl (C=O) groups is 2. The summed E-state index contributed by atoms with van der Waals surface area (Å²) in [5.74, 6) is 0.113. The molecule has 142 valence electrons. The summed E-state index contributed by atoms with van der Waals surface area (Å²) in [4.78, 5) is 25.4. The summed E-state index contributed by atoms with van der Waals surface area (Å²) in [5.41, 5.74) is 2.44. The van der Waals surface area contributed by atoms with E-state index in [1.54, 1.807) is 36.4 Å². The van der Waals surface area contributed by atoms with Gasteiger partial charge in [-0.2, -0.15) is 0 Å². The van der Waals surface area contributed by atoms with E-state index in [1.807, 2.05) is 50.2 Å². The van der Waals surface area contributed by atoms with Crippen molar-refractivity contribution in [2.75, 3.05) is 0 Å². The number of hydrogen-bond donors (Lipinski definition) is 0. The minimum atomic E-state index is -0.430. The molecule has 0 heterocycles. The lowest BCUT2D eigenvalue weighted by molar-refractivity contribution is 0.0718. The Hall–Kier alpha value is -3.40. The van der Waals surface area contributed by atoms with E-state index >= 15 is 0 Å². The molecular weight excluding hydrogens is 352 g/mol. The van der Waals surface area contributed by atoms with Crippen molar-refractivity contribution in [2.24, 2.45) is 0 Å². The molecule has 0 aliphatic carbocycles. The Kier molecular flexibility index (Phi) is 6.22. The molecule has 0 aliphatic rings. The molecule has 3 aromatic carbocycles. The van der Waals surface area contributed by atoms with Gasteiger partial charge in [0.25, 0.3) is 0 Å². The lowest BCUT2D eigenvalue weighted by Gasteiger charge is -2.14. The van der Waals surface area contributed by atoms with Gasteiger partial charge in [0, 0.05) is 0 Å². The standard InChI is InChI=1S/C24H22O4/c1-3-17-15-22(24(26)28-20-13-9-6-10-14-20)18(4-2)16-21(17)23(25)27-19-11-7-5-8-12-19/h5-16H,3-4H2,1-2H3. The van der Waals surface area contributed by atoms with Crippen LogP contribution in [0.25, 0.3) is 0 Å². The van der Waals surface area contributed by atoms with Crippen molar-refractivity contribution < 1.29 is 19.1 Å². The molecule has 4 heteroatoms. The van der Waals surface area contributed by atoms with Crippen LogP contribution in [0.5, 0.6) is 11.5 Å². The fourth-order valence-corrected chi connectivity index (χ4v) is 2.96. The van der Waals surface area contributed by atoms with E-state index in [2.05, 4.69) is 0 Å². The van der Waals surface area contributed by atoms with E-state index in [1.165, 1.54) is 0 Å². The zero-order valence-corrected chi connectivity index (χ0v) is 16.0. The van der Waals surface area contributed by atoms with E-state index in [4.69, 9.17) is 9.47 Å². The largest absolute Gasteiger partial charge is 0.423 e. The Morgan fingerprint density at radius 3 is 1.32 bits per heavy atom. The van der Waals surface area contributed by atoms with Crippen LogP contribution >= 0.6 is 0 Å². The first-order chi connectivity index (χ1) is 13.6. The normalized spacial score (nSPS) is 10.4. The van der Waals surface area contributed by atoms with Crippen LogP contribution in [0.1, 0.15) is 45.7 Å². The summed E-state index contributed by atoms with van der Waals surface area (Å²) in [5, 5.41) is 0. The zero-order chi connectivity index (χ0) is 19.9. The van der Waals surface area contributed by atoms with Gasteiger partial charge < -0.3 is 9.47 Å². The van der Waals surface area contributed by atoms with Crippen molar-refractivity contribution >= 4 is 11.9 Å². The second-order valence-electron chi connectivity index (χ2n) is 6.28. The van der Waals surface area contributed by atoms with Gasteiger partial charge in [-0.1, -0.05) is 50.2 Å². The van der Waals surface area contributed by atoms with Crippen molar-refractivity contribution in [3.8, 4) is 11.5 Å². The van der Waals surface area contributed by atoms with Crippen molar-refractivity contribution in [1.82, 2.24) is 0 Å². The van der Waals surface area contributed by atoms with Crippen LogP contribution in [0, 0.1) is 0 Å². The van der Waals surface area contributed by atoms with Crippen molar-refractivity contribution in [3.05, 3.63) is 95.1 Å². The number of benzene rings is 3. The number of para-hydroxylation sites is 2. The second-order valence-corrected chi connectivity index (χ2v) is 6.28. The van der Waals surface area contributed by atoms with Gasteiger partial charge in [0.15, 0.2) is 0 Å². The predicted molar refractivity (Wildman–Crippen MR) is 108 cm³/mol. The van der Waals surface area contributed by atoms with Crippen LogP contribution in [0.3, 0.4) is 0 Å². The third-order valence-electron chi connectivity index (χ3n) is 4.44. The number of esters is 2. The fourth-order valence-electron chi connectivity index (χ4n) is 2.96. The highest BCUT2D eigenvalue weighted by molar-refractivity contribution is 5.97. The molecule has 0 atom stereocenters. The maximum Gasteiger partial charge on any atom is 0.343 e. The summed E-state index contributed by atoms with van der Waals surface area (Å²) >= 11 is 0.